The van der Waals surface area contributed by atoms with E-state index in [-0.39, 0.29) is 11.2 Å². The third kappa shape index (κ3) is 2.45. The maximum Gasteiger partial charge on any atom is 0.221 e. The minimum Gasteiger partial charge on any atom is -0.212 e. The third-order valence-electron chi connectivity index (χ3n) is 3.91. The van der Waals surface area contributed by atoms with Crippen molar-refractivity contribution in [2.45, 2.75) is 24.6 Å². The van der Waals surface area contributed by atoms with Crippen molar-refractivity contribution in [3.63, 3.8) is 0 Å². The summed E-state index contributed by atoms with van der Waals surface area (Å²) >= 11 is 5.84. The Kier molecular flexibility index (Phi) is 3.41. The van der Waals surface area contributed by atoms with Crippen LogP contribution in [0.5, 0.6) is 0 Å². The second-order valence-corrected chi connectivity index (χ2v) is 7.72. The zero-order valence-corrected chi connectivity index (χ0v) is 12.1. The van der Waals surface area contributed by atoms with E-state index in [4.69, 9.17) is 11.6 Å². The minimum atomic E-state index is -3.18. The predicted octanol–water partition coefficient (Wildman–Crippen LogP) is 2.82. The van der Waals surface area contributed by atoms with Crippen LogP contribution in [-0.4, -0.2) is 24.5 Å². The van der Waals surface area contributed by atoms with Crippen molar-refractivity contribution in [1.29, 1.82) is 0 Å². The van der Waals surface area contributed by atoms with E-state index in [9.17, 15) is 8.42 Å². The molecule has 1 fully saturated rings. The molecule has 19 heavy (non-hydrogen) atoms. The number of nitrogens with zero attached hydrogens (tertiary/aromatic N) is 1. The molecule has 0 spiro atoms. The number of benzene rings is 1. The maximum atomic E-state index is 12.4. The Morgan fingerprint density at radius 1 is 1.26 bits per heavy atom. The molecule has 0 radical (unpaired) electrons. The van der Waals surface area contributed by atoms with Gasteiger partial charge in [0.25, 0.3) is 0 Å². The van der Waals surface area contributed by atoms with Crippen molar-refractivity contribution in [1.82, 2.24) is 4.31 Å². The summed E-state index contributed by atoms with van der Waals surface area (Å²) in [7, 11) is -3.18. The standard InChI is InChI=1S/C14H16ClNO2S/c15-13-7-5-11(6-8-13)9-16-10-12-3-1-2-4-14(12)19(16,17)18/h2,4-8,12,14H,1,3,9-10H2/t12-,14-/m0/s1. The van der Waals surface area contributed by atoms with Gasteiger partial charge in [0.1, 0.15) is 0 Å². The van der Waals surface area contributed by atoms with Crippen LogP contribution in [0.4, 0.5) is 0 Å². The summed E-state index contributed by atoms with van der Waals surface area (Å²) in [6, 6.07) is 7.37. The number of rotatable bonds is 2. The Bertz CT molecular complexity index is 594. The Hall–Kier alpha value is -0.840. The average Bonchev–Trinajstić information content (AvgIpc) is 2.65. The van der Waals surface area contributed by atoms with Gasteiger partial charge in [-0.1, -0.05) is 35.9 Å². The number of hydrogen-bond donors (Lipinski definition) is 0. The monoisotopic (exact) mass is 297 g/mol. The highest BCUT2D eigenvalue weighted by Gasteiger charge is 2.45. The van der Waals surface area contributed by atoms with Gasteiger partial charge < -0.3 is 0 Å². The molecule has 0 unspecified atom stereocenters. The molecule has 0 N–H and O–H groups in total. The van der Waals surface area contributed by atoms with E-state index < -0.39 is 10.0 Å². The molecule has 1 aromatic rings. The van der Waals surface area contributed by atoms with Gasteiger partial charge in [0.05, 0.1) is 5.25 Å². The number of fused-ring (bicyclic) bond motifs is 1. The SMILES string of the molecule is O=S1(=O)[C@H]2C=CCC[C@H]2CN1Cc1ccc(Cl)cc1. The summed E-state index contributed by atoms with van der Waals surface area (Å²) in [5.41, 5.74) is 0.982. The van der Waals surface area contributed by atoms with Gasteiger partial charge in [-0.2, -0.15) is 4.31 Å². The van der Waals surface area contributed by atoms with E-state index >= 15 is 0 Å². The van der Waals surface area contributed by atoms with Crippen LogP contribution in [0.3, 0.4) is 0 Å². The van der Waals surface area contributed by atoms with Crippen molar-refractivity contribution in [2.75, 3.05) is 6.54 Å². The van der Waals surface area contributed by atoms with Crippen molar-refractivity contribution < 1.29 is 8.42 Å². The van der Waals surface area contributed by atoms with Crippen molar-refractivity contribution >= 4 is 21.6 Å². The molecule has 1 aliphatic carbocycles. The highest BCUT2D eigenvalue weighted by Crippen LogP contribution is 2.35. The van der Waals surface area contributed by atoms with Crippen LogP contribution < -0.4 is 0 Å². The molecular formula is C14H16ClNO2S. The molecule has 3 rings (SSSR count). The van der Waals surface area contributed by atoms with E-state index in [1.54, 1.807) is 16.4 Å². The molecule has 1 aromatic carbocycles. The van der Waals surface area contributed by atoms with E-state index in [1.165, 1.54) is 0 Å². The molecular weight excluding hydrogens is 282 g/mol. The van der Waals surface area contributed by atoms with E-state index in [1.807, 2.05) is 24.3 Å². The van der Waals surface area contributed by atoms with Gasteiger partial charge in [-0.05, 0) is 36.5 Å². The lowest BCUT2D eigenvalue weighted by Crippen LogP contribution is -2.28. The molecule has 2 atom stereocenters. The maximum absolute atomic E-state index is 12.4. The fourth-order valence-corrected chi connectivity index (χ4v) is 5.10. The third-order valence-corrected chi connectivity index (χ3v) is 6.39. The van der Waals surface area contributed by atoms with Gasteiger partial charge in [-0.25, -0.2) is 8.42 Å². The van der Waals surface area contributed by atoms with Crippen LogP contribution >= 0.6 is 11.6 Å². The average molecular weight is 298 g/mol. The molecule has 3 nitrogen and oxygen atoms in total. The van der Waals surface area contributed by atoms with E-state index in [0.29, 0.717) is 18.1 Å². The highest BCUT2D eigenvalue weighted by atomic mass is 35.5. The summed E-state index contributed by atoms with van der Waals surface area (Å²) in [6.07, 6.45) is 5.82. The van der Waals surface area contributed by atoms with Crippen molar-refractivity contribution in [3.8, 4) is 0 Å². The van der Waals surface area contributed by atoms with Crippen LogP contribution in [-0.2, 0) is 16.6 Å². The van der Waals surface area contributed by atoms with Gasteiger partial charge >= 0.3 is 0 Å². The van der Waals surface area contributed by atoms with Crippen LogP contribution in [0.15, 0.2) is 36.4 Å². The lowest BCUT2D eigenvalue weighted by molar-refractivity contribution is 0.379. The topological polar surface area (TPSA) is 37.4 Å². The molecule has 102 valence electrons. The molecule has 0 amide bonds. The van der Waals surface area contributed by atoms with Gasteiger partial charge in [-0.15, -0.1) is 0 Å². The molecule has 0 saturated carbocycles. The Balaban J connectivity index is 1.82. The molecule has 0 bridgehead atoms. The first kappa shape index (κ1) is 13.2. The molecule has 1 saturated heterocycles. The largest absolute Gasteiger partial charge is 0.221 e. The van der Waals surface area contributed by atoms with Gasteiger partial charge in [0, 0.05) is 18.1 Å². The smallest absolute Gasteiger partial charge is 0.212 e. The molecule has 1 heterocycles. The number of hydrogen-bond acceptors (Lipinski definition) is 2. The summed E-state index contributed by atoms with van der Waals surface area (Å²) < 4.78 is 26.5. The van der Waals surface area contributed by atoms with Crippen LogP contribution in [0.1, 0.15) is 18.4 Å². The Labute approximate surface area is 118 Å². The number of sulfonamides is 1. The fourth-order valence-electron chi connectivity index (χ4n) is 2.89. The molecule has 0 aromatic heterocycles. The summed E-state index contributed by atoms with van der Waals surface area (Å²) in [4.78, 5) is 0. The van der Waals surface area contributed by atoms with Gasteiger partial charge in [0.2, 0.25) is 10.0 Å². The first-order chi connectivity index (χ1) is 9.07. The van der Waals surface area contributed by atoms with Crippen LogP contribution in [0, 0.1) is 5.92 Å². The molecule has 5 heteroatoms. The van der Waals surface area contributed by atoms with E-state index in [0.717, 1.165) is 18.4 Å². The summed E-state index contributed by atoms with van der Waals surface area (Å²) in [6.45, 7) is 1.08. The Morgan fingerprint density at radius 2 is 2.00 bits per heavy atom. The second kappa shape index (κ2) is 4.93. The zero-order chi connectivity index (χ0) is 13.5. The van der Waals surface area contributed by atoms with Crippen LogP contribution in [0.2, 0.25) is 5.02 Å². The first-order valence-electron chi connectivity index (χ1n) is 6.47. The molecule has 1 aliphatic heterocycles. The highest BCUT2D eigenvalue weighted by molar-refractivity contribution is 7.90. The zero-order valence-electron chi connectivity index (χ0n) is 10.5. The minimum absolute atomic E-state index is 0.252. The lowest BCUT2D eigenvalue weighted by atomic mass is 9.94. The van der Waals surface area contributed by atoms with Crippen molar-refractivity contribution in [2.24, 2.45) is 5.92 Å². The fraction of sp³-hybridized carbons (Fsp3) is 0.429. The summed E-state index contributed by atoms with van der Waals surface area (Å²) in [5, 5.41) is 0.359. The van der Waals surface area contributed by atoms with Crippen molar-refractivity contribution in [3.05, 3.63) is 47.0 Å². The first-order valence-corrected chi connectivity index (χ1v) is 8.35. The Morgan fingerprint density at radius 3 is 2.68 bits per heavy atom. The van der Waals surface area contributed by atoms with E-state index in [2.05, 4.69) is 0 Å². The van der Waals surface area contributed by atoms with Crippen LogP contribution in [0.25, 0.3) is 0 Å². The molecule has 2 aliphatic rings. The quantitative estimate of drug-likeness (QED) is 0.787. The van der Waals surface area contributed by atoms with Gasteiger partial charge in [0.15, 0.2) is 0 Å². The number of allylic oxidation sites excluding steroid dienone is 1. The predicted molar refractivity (Wildman–Crippen MR) is 76.4 cm³/mol. The normalized spacial score (nSPS) is 29.3. The van der Waals surface area contributed by atoms with Gasteiger partial charge in [-0.3, -0.25) is 0 Å². The second-order valence-electron chi connectivity index (χ2n) is 5.19. The summed E-state index contributed by atoms with van der Waals surface area (Å²) in [5.74, 6) is 0.252. The number of halogens is 1. The lowest BCUT2D eigenvalue weighted by Gasteiger charge is -2.16.